The third kappa shape index (κ3) is 4.67. The van der Waals surface area contributed by atoms with E-state index >= 15 is 0 Å². The summed E-state index contributed by atoms with van der Waals surface area (Å²) in [7, 11) is 0. The topological polar surface area (TPSA) is 73.2 Å². The molecule has 0 saturated heterocycles. The van der Waals surface area contributed by atoms with Gasteiger partial charge in [-0.15, -0.1) is 0 Å². The highest BCUT2D eigenvalue weighted by Crippen LogP contribution is 2.30. The lowest BCUT2D eigenvalue weighted by Crippen LogP contribution is -2.34. The summed E-state index contributed by atoms with van der Waals surface area (Å²) in [6, 6.07) is 11.2. The van der Waals surface area contributed by atoms with Gasteiger partial charge in [-0.25, -0.2) is 4.98 Å². The second-order valence-corrected chi connectivity index (χ2v) is 5.89. The summed E-state index contributed by atoms with van der Waals surface area (Å²) < 4.78 is 44.1. The maximum atomic E-state index is 12.5. The molecule has 0 fully saturated rings. The number of carbonyl (C=O) groups is 1. The highest BCUT2D eigenvalue weighted by atomic mass is 19.4. The van der Waals surface area contributed by atoms with E-state index in [4.69, 9.17) is 4.74 Å². The molecule has 0 radical (unpaired) electrons. The Hall–Kier alpha value is -3.36. The van der Waals surface area contributed by atoms with Gasteiger partial charge in [0.2, 0.25) is 5.91 Å². The van der Waals surface area contributed by atoms with E-state index in [9.17, 15) is 22.8 Å². The molecule has 9 heteroatoms. The second-order valence-electron chi connectivity index (χ2n) is 5.89. The van der Waals surface area contributed by atoms with Crippen LogP contribution in [-0.4, -0.2) is 28.6 Å². The van der Waals surface area contributed by atoms with E-state index in [1.807, 2.05) is 0 Å². The van der Waals surface area contributed by atoms with E-state index in [1.165, 1.54) is 16.7 Å². The number of hydrogen-bond donors (Lipinski definition) is 1. The Bertz CT molecular complexity index is 1030. The van der Waals surface area contributed by atoms with Gasteiger partial charge in [0.25, 0.3) is 5.56 Å². The van der Waals surface area contributed by atoms with E-state index in [2.05, 4.69) is 10.3 Å². The summed E-state index contributed by atoms with van der Waals surface area (Å²) in [5, 5.41) is 2.60. The van der Waals surface area contributed by atoms with Gasteiger partial charge in [0.1, 0.15) is 18.9 Å². The molecule has 1 aromatic heterocycles. The highest BCUT2D eigenvalue weighted by molar-refractivity contribution is 5.79. The maximum Gasteiger partial charge on any atom is 0.416 e. The number of fused-ring (bicyclic) bond motifs is 1. The lowest BCUT2D eigenvalue weighted by atomic mass is 10.2. The minimum absolute atomic E-state index is 0.0725. The summed E-state index contributed by atoms with van der Waals surface area (Å²) in [4.78, 5) is 28.1. The number of hydrogen-bond acceptors (Lipinski definition) is 4. The summed E-state index contributed by atoms with van der Waals surface area (Å²) in [5.41, 5.74) is -0.00952. The summed E-state index contributed by atoms with van der Waals surface area (Å²) >= 11 is 0. The van der Waals surface area contributed by atoms with Crippen LogP contribution in [0.25, 0.3) is 11.0 Å². The maximum absolute atomic E-state index is 12.5. The van der Waals surface area contributed by atoms with Crippen molar-refractivity contribution in [2.75, 3.05) is 13.2 Å². The number of nitrogens with one attached hydrogen (secondary N) is 1. The first-order chi connectivity index (χ1) is 13.3. The number of aromatic nitrogens is 2. The zero-order valence-electron chi connectivity index (χ0n) is 14.6. The van der Waals surface area contributed by atoms with Crippen LogP contribution in [0.1, 0.15) is 5.56 Å². The minimum atomic E-state index is -4.40. The molecule has 6 nitrogen and oxygen atoms in total. The third-order valence-corrected chi connectivity index (χ3v) is 3.93. The molecule has 3 rings (SSSR count). The predicted molar refractivity (Wildman–Crippen MR) is 96.0 cm³/mol. The van der Waals surface area contributed by atoms with Crippen LogP contribution in [0.2, 0.25) is 0 Å². The molecule has 2 aromatic carbocycles. The lowest BCUT2D eigenvalue weighted by Gasteiger charge is -2.11. The molecule has 1 N–H and O–H groups in total. The molecule has 3 aromatic rings. The molecule has 0 aliphatic heterocycles. The average molecular weight is 391 g/mol. The number of benzene rings is 2. The van der Waals surface area contributed by atoms with Gasteiger partial charge in [-0.05, 0) is 36.4 Å². The molecule has 1 heterocycles. The van der Waals surface area contributed by atoms with Gasteiger partial charge in [-0.2, -0.15) is 13.2 Å². The summed E-state index contributed by atoms with van der Waals surface area (Å²) in [5.74, 6) is -0.131. The van der Waals surface area contributed by atoms with E-state index in [1.54, 1.807) is 24.3 Å². The predicted octanol–water partition coefficient (Wildman–Crippen LogP) is 2.61. The lowest BCUT2D eigenvalue weighted by molar-refractivity contribution is -0.137. The first-order valence-corrected chi connectivity index (χ1v) is 8.36. The number of nitrogens with zero attached hydrogens (tertiary/aromatic N) is 2. The molecule has 0 aliphatic rings. The zero-order valence-corrected chi connectivity index (χ0v) is 14.6. The molecule has 0 spiro atoms. The van der Waals surface area contributed by atoms with Gasteiger partial charge >= 0.3 is 6.18 Å². The van der Waals surface area contributed by atoms with Crippen LogP contribution >= 0.6 is 0 Å². The van der Waals surface area contributed by atoms with Crippen LogP contribution in [0.5, 0.6) is 5.75 Å². The molecule has 0 saturated carbocycles. The standard InChI is InChI=1S/C19H16F3N3O3/c20-19(21,22)13-5-7-14(8-6-13)28-10-9-23-17(26)12-25-16-4-2-1-3-15(16)24-11-18(25)27/h1-8,11H,9-10,12H2,(H,23,26). The number of alkyl halides is 3. The van der Waals surface area contributed by atoms with Crippen LogP contribution in [0.3, 0.4) is 0 Å². The van der Waals surface area contributed by atoms with Crippen LogP contribution in [0.15, 0.2) is 59.5 Å². The smallest absolute Gasteiger partial charge is 0.416 e. The van der Waals surface area contributed by atoms with Crippen molar-refractivity contribution in [2.45, 2.75) is 12.7 Å². The third-order valence-electron chi connectivity index (χ3n) is 3.93. The van der Waals surface area contributed by atoms with Crippen molar-refractivity contribution in [1.82, 2.24) is 14.9 Å². The van der Waals surface area contributed by atoms with Crippen molar-refractivity contribution in [3.63, 3.8) is 0 Å². The number of carbonyl (C=O) groups excluding carboxylic acids is 1. The summed E-state index contributed by atoms with van der Waals surface area (Å²) in [6.45, 7) is 0.0306. The van der Waals surface area contributed by atoms with Crippen molar-refractivity contribution >= 4 is 16.9 Å². The summed E-state index contributed by atoms with van der Waals surface area (Å²) in [6.07, 6.45) is -3.24. The number of ether oxygens (including phenoxy) is 1. The Morgan fingerprint density at radius 2 is 1.82 bits per heavy atom. The molecule has 1 amide bonds. The Morgan fingerprint density at radius 1 is 1.11 bits per heavy atom. The number of rotatable bonds is 6. The molecule has 0 aliphatic carbocycles. The molecular formula is C19H16F3N3O3. The fourth-order valence-electron chi connectivity index (χ4n) is 2.58. The average Bonchev–Trinajstić information content (AvgIpc) is 2.67. The van der Waals surface area contributed by atoms with Gasteiger partial charge in [0.15, 0.2) is 0 Å². The van der Waals surface area contributed by atoms with Gasteiger partial charge in [0.05, 0.1) is 29.3 Å². The molecule has 28 heavy (non-hydrogen) atoms. The first kappa shape index (κ1) is 19.4. The zero-order chi connectivity index (χ0) is 20.1. The molecule has 0 atom stereocenters. The number of para-hydroxylation sites is 2. The molecule has 146 valence electrons. The Kier molecular flexibility index (Phi) is 5.62. The van der Waals surface area contributed by atoms with Gasteiger partial charge in [-0.1, -0.05) is 12.1 Å². The van der Waals surface area contributed by atoms with Crippen molar-refractivity contribution in [3.05, 3.63) is 70.6 Å². The fraction of sp³-hybridized carbons (Fsp3) is 0.211. The van der Waals surface area contributed by atoms with Crippen molar-refractivity contribution < 1.29 is 22.7 Å². The quantitative estimate of drug-likeness (QED) is 0.656. The molecular weight excluding hydrogens is 375 g/mol. The van der Waals surface area contributed by atoms with E-state index < -0.39 is 23.2 Å². The van der Waals surface area contributed by atoms with Crippen LogP contribution in [0, 0.1) is 0 Å². The first-order valence-electron chi connectivity index (χ1n) is 8.36. The van der Waals surface area contributed by atoms with E-state index in [0.717, 1.165) is 18.3 Å². The van der Waals surface area contributed by atoms with Crippen molar-refractivity contribution in [3.8, 4) is 5.75 Å². The normalized spacial score (nSPS) is 11.4. The van der Waals surface area contributed by atoms with E-state index in [0.29, 0.717) is 11.0 Å². The van der Waals surface area contributed by atoms with Crippen molar-refractivity contribution in [1.29, 1.82) is 0 Å². The number of halogens is 3. The van der Waals surface area contributed by atoms with Gasteiger partial charge in [0, 0.05) is 0 Å². The largest absolute Gasteiger partial charge is 0.492 e. The SMILES string of the molecule is O=C(Cn1c(=O)cnc2ccccc21)NCCOc1ccc(C(F)(F)F)cc1. The monoisotopic (exact) mass is 391 g/mol. The van der Waals surface area contributed by atoms with Crippen molar-refractivity contribution in [2.24, 2.45) is 0 Å². The number of amides is 1. The Labute approximate surface area is 157 Å². The highest BCUT2D eigenvalue weighted by Gasteiger charge is 2.29. The fourth-order valence-corrected chi connectivity index (χ4v) is 2.58. The molecule has 0 unspecified atom stereocenters. The van der Waals surface area contributed by atoms with Crippen LogP contribution in [0.4, 0.5) is 13.2 Å². The van der Waals surface area contributed by atoms with Gasteiger partial charge in [-0.3, -0.25) is 14.2 Å². The minimum Gasteiger partial charge on any atom is -0.492 e. The Morgan fingerprint density at radius 3 is 2.54 bits per heavy atom. The van der Waals surface area contributed by atoms with Gasteiger partial charge < -0.3 is 10.1 Å². The van der Waals surface area contributed by atoms with E-state index in [-0.39, 0.29) is 25.4 Å². The van der Waals surface area contributed by atoms with Crippen LogP contribution < -0.4 is 15.6 Å². The van der Waals surface area contributed by atoms with Crippen LogP contribution in [-0.2, 0) is 17.5 Å². The Balaban J connectivity index is 1.52. The second kappa shape index (κ2) is 8.12. The molecule has 0 bridgehead atoms.